The maximum absolute atomic E-state index is 12.1. The first-order valence-electron chi connectivity index (χ1n) is 7.78. The van der Waals surface area contributed by atoms with E-state index in [1.807, 2.05) is 34.8 Å². The van der Waals surface area contributed by atoms with Gasteiger partial charge in [0.1, 0.15) is 0 Å². The fourth-order valence-corrected chi connectivity index (χ4v) is 3.14. The Labute approximate surface area is 142 Å². The Kier molecular flexibility index (Phi) is 5.80. The van der Waals surface area contributed by atoms with Gasteiger partial charge in [0.15, 0.2) is 0 Å². The van der Waals surface area contributed by atoms with E-state index in [-0.39, 0.29) is 18.3 Å². The number of amides is 1. The summed E-state index contributed by atoms with van der Waals surface area (Å²) in [6.45, 7) is 1.91. The molecular weight excluding hydrogens is 312 g/mol. The minimum atomic E-state index is 0. The van der Waals surface area contributed by atoms with Crippen LogP contribution in [0.1, 0.15) is 17.7 Å². The summed E-state index contributed by atoms with van der Waals surface area (Å²) < 4.78 is 1.97. The molecule has 0 fully saturated rings. The standard InChI is InChI=1S/C17H22N4O.ClH/c1-20-15-9-12-21(16(22)7-10-18)11-8-14(15)17(19-20)13-5-3-2-4-6-13;/h2-6H,7-12,18H2,1H3;1H. The predicted octanol–water partition coefficient (Wildman–Crippen LogP) is 1.78. The molecule has 1 aliphatic heterocycles. The molecule has 0 spiro atoms. The van der Waals surface area contributed by atoms with Crippen LogP contribution in [0.3, 0.4) is 0 Å². The largest absolute Gasteiger partial charge is 0.342 e. The summed E-state index contributed by atoms with van der Waals surface area (Å²) in [6, 6.07) is 10.3. The van der Waals surface area contributed by atoms with Crippen LogP contribution in [0.15, 0.2) is 30.3 Å². The molecule has 1 aromatic heterocycles. The molecular formula is C17H23ClN4O. The second-order valence-electron chi connectivity index (χ2n) is 5.68. The van der Waals surface area contributed by atoms with Crippen LogP contribution in [0, 0.1) is 0 Å². The van der Waals surface area contributed by atoms with Crippen molar-refractivity contribution in [1.29, 1.82) is 0 Å². The number of carbonyl (C=O) groups excluding carboxylic acids is 1. The fourth-order valence-electron chi connectivity index (χ4n) is 3.14. The summed E-state index contributed by atoms with van der Waals surface area (Å²) in [5.41, 5.74) is 10.2. The van der Waals surface area contributed by atoms with Crippen LogP contribution in [0.25, 0.3) is 11.3 Å². The molecule has 1 aliphatic rings. The van der Waals surface area contributed by atoms with Gasteiger partial charge in [0.05, 0.1) is 5.69 Å². The summed E-state index contributed by atoms with van der Waals surface area (Å²) in [6.07, 6.45) is 2.13. The molecule has 0 aliphatic carbocycles. The number of aryl methyl sites for hydroxylation is 1. The van der Waals surface area contributed by atoms with Gasteiger partial charge < -0.3 is 10.6 Å². The van der Waals surface area contributed by atoms with Crippen molar-refractivity contribution in [2.24, 2.45) is 12.8 Å². The van der Waals surface area contributed by atoms with E-state index in [0.29, 0.717) is 13.0 Å². The van der Waals surface area contributed by atoms with Crippen LogP contribution >= 0.6 is 12.4 Å². The normalized spacial score (nSPS) is 13.9. The third-order valence-corrected chi connectivity index (χ3v) is 4.28. The Bertz CT molecular complexity index is 669. The lowest BCUT2D eigenvalue weighted by Crippen LogP contribution is -2.34. The van der Waals surface area contributed by atoms with Gasteiger partial charge in [0, 0.05) is 56.3 Å². The summed E-state index contributed by atoms with van der Waals surface area (Å²) >= 11 is 0. The Balaban J connectivity index is 0.00000192. The van der Waals surface area contributed by atoms with Gasteiger partial charge in [0.25, 0.3) is 0 Å². The average Bonchev–Trinajstić information content (AvgIpc) is 2.72. The smallest absolute Gasteiger partial charge is 0.223 e. The number of aromatic nitrogens is 2. The zero-order valence-corrected chi connectivity index (χ0v) is 14.2. The second kappa shape index (κ2) is 7.62. The highest BCUT2D eigenvalue weighted by molar-refractivity contribution is 5.85. The van der Waals surface area contributed by atoms with Crippen molar-refractivity contribution >= 4 is 18.3 Å². The predicted molar refractivity (Wildman–Crippen MR) is 93.6 cm³/mol. The van der Waals surface area contributed by atoms with Crippen LogP contribution in [-0.4, -0.2) is 40.2 Å². The minimum absolute atomic E-state index is 0. The summed E-state index contributed by atoms with van der Waals surface area (Å²) in [5.74, 6) is 0.157. The minimum Gasteiger partial charge on any atom is -0.342 e. The van der Waals surface area contributed by atoms with Crippen molar-refractivity contribution in [2.45, 2.75) is 19.3 Å². The third-order valence-electron chi connectivity index (χ3n) is 4.28. The first-order valence-corrected chi connectivity index (χ1v) is 7.78. The first-order chi connectivity index (χ1) is 10.7. The molecule has 0 radical (unpaired) electrons. The first kappa shape index (κ1) is 17.5. The van der Waals surface area contributed by atoms with E-state index >= 15 is 0 Å². The number of hydrogen-bond donors (Lipinski definition) is 1. The molecule has 6 heteroatoms. The molecule has 0 saturated heterocycles. The van der Waals surface area contributed by atoms with E-state index in [1.165, 1.54) is 11.3 Å². The zero-order chi connectivity index (χ0) is 15.5. The number of benzene rings is 1. The van der Waals surface area contributed by atoms with E-state index in [1.54, 1.807) is 0 Å². The quantitative estimate of drug-likeness (QED) is 0.930. The Morgan fingerprint density at radius 2 is 1.91 bits per heavy atom. The molecule has 0 unspecified atom stereocenters. The van der Waals surface area contributed by atoms with Gasteiger partial charge in [-0.1, -0.05) is 30.3 Å². The van der Waals surface area contributed by atoms with Gasteiger partial charge >= 0.3 is 0 Å². The van der Waals surface area contributed by atoms with E-state index in [2.05, 4.69) is 12.1 Å². The summed E-state index contributed by atoms with van der Waals surface area (Å²) in [7, 11) is 1.99. The van der Waals surface area contributed by atoms with Crippen LogP contribution in [0.2, 0.25) is 0 Å². The van der Waals surface area contributed by atoms with Crippen molar-refractivity contribution in [3.8, 4) is 11.3 Å². The van der Waals surface area contributed by atoms with Crippen molar-refractivity contribution in [2.75, 3.05) is 19.6 Å². The van der Waals surface area contributed by atoms with E-state index in [4.69, 9.17) is 10.8 Å². The van der Waals surface area contributed by atoms with Gasteiger partial charge in [-0.25, -0.2) is 0 Å². The molecule has 124 valence electrons. The monoisotopic (exact) mass is 334 g/mol. The zero-order valence-electron chi connectivity index (χ0n) is 13.4. The molecule has 2 aromatic rings. The van der Waals surface area contributed by atoms with Crippen LogP contribution in [-0.2, 0) is 24.7 Å². The highest BCUT2D eigenvalue weighted by atomic mass is 35.5. The number of rotatable bonds is 3. The Morgan fingerprint density at radius 3 is 2.61 bits per heavy atom. The Hall–Kier alpha value is -1.85. The van der Waals surface area contributed by atoms with Crippen molar-refractivity contribution in [3.63, 3.8) is 0 Å². The molecule has 0 bridgehead atoms. The van der Waals surface area contributed by atoms with Gasteiger partial charge in [-0.05, 0) is 6.42 Å². The number of hydrogen-bond acceptors (Lipinski definition) is 3. The van der Waals surface area contributed by atoms with E-state index < -0.39 is 0 Å². The van der Waals surface area contributed by atoms with Gasteiger partial charge in [0.2, 0.25) is 5.91 Å². The second-order valence-corrected chi connectivity index (χ2v) is 5.68. The third kappa shape index (κ3) is 3.57. The molecule has 23 heavy (non-hydrogen) atoms. The number of nitrogens with zero attached hydrogens (tertiary/aromatic N) is 3. The summed E-state index contributed by atoms with van der Waals surface area (Å²) in [5, 5.41) is 4.70. The number of halogens is 1. The molecule has 0 atom stereocenters. The van der Waals surface area contributed by atoms with Crippen LogP contribution in [0.4, 0.5) is 0 Å². The fraction of sp³-hybridized carbons (Fsp3) is 0.412. The molecule has 3 rings (SSSR count). The molecule has 5 nitrogen and oxygen atoms in total. The maximum atomic E-state index is 12.1. The lowest BCUT2D eigenvalue weighted by molar-refractivity contribution is -0.130. The molecule has 0 saturated carbocycles. The lowest BCUT2D eigenvalue weighted by atomic mass is 10.0. The number of carbonyl (C=O) groups is 1. The highest BCUT2D eigenvalue weighted by Gasteiger charge is 2.23. The number of nitrogens with two attached hydrogens (primary N) is 1. The van der Waals surface area contributed by atoms with Crippen molar-refractivity contribution in [3.05, 3.63) is 41.6 Å². The topological polar surface area (TPSA) is 64.2 Å². The van der Waals surface area contributed by atoms with Gasteiger partial charge in [-0.3, -0.25) is 9.48 Å². The van der Waals surface area contributed by atoms with Gasteiger partial charge in [-0.2, -0.15) is 5.10 Å². The van der Waals surface area contributed by atoms with Crippen molar-refractivity contribution in [1.82, 2.24) is 14.7 Å². The van der Waals surface area contributed by atoms with E-state index in [9.17, 15) is 4.79 Å². The molecule has 1 aromatic carbocycles. The Morgan fingerprint density at radius 1 is 1.22 bits per heavy atom. The van der Waals surface area contributed by atoms with Crippen molar-refractivity contribution < 1.29 is 4.79 Å². The SMILES string of the molecule is Cl.Cn1nc(-c2ccccc2)c2c1CCN(C(=O)CCN)CC2. The highest BCUT2D eigenvalue weighted by Crippen LogP contribution is 2.27. The molecule has 1 amide bonds. The number of fused-ring (bicyclic) bond motifs is 1. The van der Waals surface area contributed by atoms with Crippen LogP contribution in [0.5, 0.6) is 0 Å². The lowest BCUT2D eigenvalue weighted by Gasteiger charge is -2.20. The van der Waals surface area contributed by atoms with Gasteiger partial charge in [-0.15, -0.1) is 12.4 Å². The maximum Gasteiger partial charge on any atom is 0.223 e. The molecule has 2 N–H and O–H groups in total. The molecule has 2 heterocycles. The van der Waals surface area contributed by atoms with Crippen LogP contribution < -0.4 is 5.73 Å². The van der Waals surface area contributed by atoms with E-state index in [0.717, 1.165) is 37.2 Å². The summed E-state index contributed by atoms with van der Waals surface area (Å²) in [4.78, 5) is 14.0. The average molecular weight is 335 g/mol.